The van der Waals surface area contributed by atoms with Gasteiger partial charge in [0.25, 0.3) is 11.8 Å². The van der Waals surface area contributed by atoms with Crippen molar-refractivity contribution in [3.63, 3.8) is 0 Å². The number of hydrogen-bond acceptors (Lipinski definition) is 10. The molecular weight excluding hydrogens is 460 g/mol. The Kier molecular flexibility index (Phi) is 6.06. The number of nitrogens with one attached hydrogen (secondary N) is 2. The van der Waals surface area contributed by atoms with Gasteiger partial charge in [0.05, 0.1) is 29.4 Å². The normalized spacial score (nSPS) is 15.0. The number of aromatic nitrogens is 5. The van der Waals surface area contributed by atoms with E-state index in [0.717, 1.165) is 5.56 Å². The predicted molar refractivity (Wildman–Crippen MR) is 132 cm³/mol. The van der Waals surface area contributed by atoms with Crippen molar-refractivity contribution in [2.45, 2.75) is 32.4 Å². The Balaban J connectivity index is 1.48. The molecule has 3 N–H and O–H groups in total. The highest BCUT2D eigenvalue weighted by atomic mass is 16.5. The molecule has 1 atom stereocenters. The van der Waals surface area contributed by atoms with Crippen LogP contribution in [0.25, 0.3) is 11.5 Å². The number of aliphatic hydroxyl groups is 1. The second-order valence-electron chi connectivity index (χ2n) is 8.82. The summed E-state index contributed by atoms with van der Waals surface area (Å²) in [6.07, 6.45) is 2.85. The lowest BCUT2D eigenvalue weighted by molar-refractivity contribution is 0.0631. The van der Waals surface area contributed by atoms with Gasteiger partial charge >= 0.3 is 0 Å². The smallest absolute Gasteiger partial charge is 0.262 e. The molecule has 0 unspecified atom stereocenters. The Morgan fingerprint density at radius 1 is 1.08 bits per heavy atom. The fourth-order valence-corrected chi connectivity index (χ4v) is 4.43. The second kappa shape index (κ2) is 9.34. The molecule has 3 aromatic heterocycles. The van der Waals surface area contributed by atoms with E-state index in [2.05, 4.69) is 30.7 Å². The summed E-state index contributed by atoms with van der Waals surface area (Å²) in [7, 11) is 0. The average Bonchev–Trinajstić information content (AvgIpc) is 3.48. The van der Waals surface area contributed by atoms with Crippen molar-refractivity contribution in [3.8, 4) is 11.5 Å². The van der Waals surface area contributed by atoms with Gasteiger partial charge in [0, 0.05) is 12.7 Å². The van der Waals surface area contributed by atoms with E-state index in [0.29, 0.717) is 35.0 Å². The Hall–Kier alpha value is -4.38. The van der Waals surface area contributed by atoms with Gasteiger partial charge in [-0.05, 0) is 38.5 Å². The van der Waals surface area contributed by atoms with Crippen molar-refractivity contribution in [3.05, 3.63) is 71.8 Å². The largest absolute Gasteiger partial charge is 0.394 e. The number of carbonyl (C=O) groups is 1. The van der Waals surface area contributed by atoms with Gasteiger partial charge in [0.2, 0.25) is 5.95 Å². The molecule has 0 radical (unpaired) electrons. The summed E-state index contributed by atoms with van der Waals surface area (Å²) < 4.78 is 5.23. The standard InChI is InChI=1S/C25H26N8O3/c1-4-33-23(35)16-10-11-19(30-20(16)25(33,2)3)31-24-26-12-17(22-27-14-28-36-22)21(32-24)29-18(13-34)15-8-6-5-7-9-15/h5-12,14,18,34H,4,13H2,1-3H3,(H2,26,29,30,31,32)/t18-/m1/s1. The molecule has 0 aliphatic carbocycles. The van der Waals surface area contributed by atoms with Crippen LogP contribution in [0.4, 0.5) is 17.6 Å². The topological polar surface area (TPSA) is 142 Å². The lowest BCUT2D eigenvalue weighted by Crippen LogP contribution is -2.39. The minimum absolute atomic E-state index is 0.0286. The minimum atomic E-state index is -0.529. The van der Waals surface area contributed by atoms with E-state index in [1.54, 1.807) is 23.2 Å². The van der Waals surface area contributed by atoms with Crippen molar-refractivity contribution in [1.29, 1.82) is 0 Å². The molecule has 11 heteroatoms. The van der Waals surface area contributed by atoms with Gasteiger partial charge in [0.1, 0.15) is 17.2 Å². The molecule has 4 heterocycles. The van der Waals surface area contributed by atoms with Gasteiger partial charge in [-0.1, -0.05) is 35.5 Å². The molecule has 0 saturated carbocycles. The van der Waals surface area contributed by atoms with Gasteiger partial charge in [-0.15, -0.1) is 0 Å². The first-order valence-corrected chi connectivity index (χ1v) is 11.6. The third-order valence-electron chi connectivity index (χ3n) is 6.26. The van der Waals surface area contributed by atoms with Crippen molar-refractivity contribution in [1.82, 2.24) is 30.0 Å². The highest BCUT2D eigenvalue weighted by molar-refractivity contribution is 5.99. The summed E-state index contributed by atoms with van der Waals surface area (Å²) in [4.78, 5) is 32.4. The zero-order chi connectivity index (χ0) is 25.3. The first-order valence-electron chi connectivity index (χ1n) is 11.6. The van der Waals surface area contributed by atoms with E-state index in [1.165, 1.54) is 6.33 Å². The number of pyridine rings is 1. The minimum Gasteiger partial charge on any atom is -0.394 e. The first-order chi connectivity index (χ1) is 17.4. The number of aliphatic hydroxyl groups excluding tert-OH is 1. The number of fused-ring (bicyclic) bond motifs is 1. The van der Waals surface area contributed by atoms with E-state index < -0.39 is 11.6 Å². The summed E-state index contributed by atoms with van der Waals surface area (Å²) in [6.45, 7) is 6.34. The van der Waals surface area contributed by atoms with Crippen LogP contribution in [0.2, 0.25) is 0 Å². The molecule has 1 aliphatic rings. The molecule has 1 aliphatic heterocycles. The molecular formula is C25H26N8O3. The molecule has 0 bridgehead atoms. The SMILES string of the molecule is CCN1C(=O)c2ccc(Nc3ncc(-c4ncno4)c(N[C@H](CO)c4ccccc4)n3)nc2C1(C)C. The maximum atomic E-state index is 12.7. The zero-order valence-corrected chi connectivity index (χ0v) is 20.1. The second-order valence-corrected chi connectivity index (χ2v) is 8.82. The quantitative estimate of drug-likeness (QED) is 0.338. The van der Waals surface area contributed by atoms with Crippen LogP contribution in [0.5, 0.6) is 0 Å². The molecule has 11 nitrogen and oxygen atoms in total. The third kappa shape index (κ3) is 4.13. The van der Waals surface area contributed by atoms with E-state index >= 15 is 0 Å². The van der Waals surface area contributed by atoms with E-state index in [9.17, 15) is 9.90 Å². The Morgan fingerprint density at radius 3 is 2.58 bits per heavy atom. The van der Waals surface area contributed by atoms with E-state index in [-0.39, 0.29) is 24.4 Å². The summed E-state index contributed by atoms with van der Waals surface area (Å²) in [5.41, 5.74) is 2.13. The Bertz CT molecular complexity index is 1380. The fraction of sp³-hybridized carbons (Fsp3) is 0.280. The van der Waals surface area contributed by atoms with Gasteiger partial charge in [-0.3, -0.25) is 4.79 Å². The summed E-state index contributed by atoms with van der Waals surface area (Å²) in [5, 5.41) is 20.1. The number of hydrogen-bond donors (Lipinski definition) is 3. The lowest BCUT2D eigenvalue weighted by Gasteiger charge is -2.30. The third-order valence-corrected chi connectivity index (χ3v) is 6.26. The van der Waals surface area contributed by atoms with Crippen LogP contribution < -0.4 is 10.6 Å². The molecule has 5 rings (SSSR count). The maximum Gasteiger partial charge on any atom is 0.262 e. The van der Waals surface area contributed by atoms with Crippen molar-refractivity contribution in [2.75, 3.05) is 23.8 Å². The summed E-state index contributed by atoms with van der Waals surface area (Å²) in [5.74, 6) is 1.38. The predicted octanol–water partition coefficient (Wildman–Crippen LogP) is 3.52. The monoisotopic (exact) mass is 486 g/mol. The zero-order valence-electron chi connectivity index (χ0n) is 20.1. The van der Waals surface area contributed by atoms with Gasteiger partial charge in [-0.2, -0.15) is 9.97 Å². The maximum absolute atomic E-state index is 12.7. The molecule has 36 heavy (non-hydrogen) atoms. The van der Waals surface area contributed by atoms with E-state index in [4.69, 9.17) is 9.51 Å². The van der Waals surface area contributed by atoms with Crippen LogP contribution in [0, 0.1) is 0 Å². The Morgan fingerprint density at radius 2 is 1.89 bits per heavy atom. The van der Waals surface area contributed by atoms with Crippen molar-refractivity contribution >= 4 is 23.5 Å². The highest BCUT2D eigenvalue weighted by Crippen LogP contribution is 2.38. The molecule has 0 spiro atoms. The molecule has 0 saturated heterocycles. The average molecular weight is 487 g/mol. The van der Waals surface area contributed by atoms with Gasteiger partial charge in [-0.25, -0.2) is 9.97 Å². The lowest BCUT2D eigenvalue weighted by atomic mass is 9.99. The van der Waals surface area contributed by atoms with Crippen LogP contribution in [0.15, 0.2) is 59.5 Å². The van der Waals surface area contributed by atoms with Crippen molar-refractivity contribution < 1.29 is 14.4 Å². The number of amides is 1. The summed E-state index contributed by atoms with van der Waals surface area (Å²) >= 11 is 0. The van der Waals surface area contributed by atoms with Crippen LogP contribution in [-0.2, 0) is 5.54 Å². The number of anilines is 3. The Labute approximate surface area is 207 Å². The van der Waals surface area contributed by atoms with Crippen LogP contribution in [0.3, 0.4) is 0 Å². The van der Waals surface area contributed by atoms with Crippen LogP contribution in [-0.4, -0.2) is 54.2 Å². The summed E-state index contributed by atoms with van der Waals surface area (Å²) in [6, 6.07) is 12.6. The molecule has 4 aromatic rings. The van der Waals surface area contributed by atoms with Crippen LogP contribution >= 0.6 is 0 Å². The molecule has 0 fully saturated rings. The van der Waals surface area contributed by atoms with E-state index in [1.807, 2.05) is 51.1 Å². The number of carbonyl (C=O) groups excluding carboxylic acids is 1. The number of rotatable bonds is 8. The number of benzene rings is 1. The van der Waals surface area contributed by atoms with Gasteiger partial charge in [0.15, 0.2) is 6.33 Å². The van der Waals surface area contributed by atoms with Gasteiger partial charge < -0.3 is 25.2 Å². The fourth-order valence-electron chi connectivity index (χ4n) is 4.43. The molecule has 1 amide bonds. The first kappa shape index (κ1) is 23.4. The molecule has 1 aromatic carbocycles. The van der Waals surface area contributed by atoms with Crippen LogP contribution in [0.1, 0.15) is 48.4 Å². The van der Waals surface area contributed by atoms with Crippen molar-refractivity contribution in [2.24, 2.45) is 0 Å². The molecule has 184 valence electrons. The highest BCUT2D eigenvalue weighted by Gasteiger charge is 2.43. The number of nitrogens with zero attached hydrogens (tertiary/aromatic N) is 6.